The maximum Gasteiger partial charge on any atom is 0.231 e. The predicted octanol–water partition coefficient (Wildman–Crippen LogP) is 3.14. The first kappa shape index (κ1) is 16.9. The summed E-state index contributed by atoms with van der Waals surface area (Å²) in [5.41, 5.74) is 4.21. The summed E-state index contributed by atoms with van der Waals surface area (Å²) in [6, 6.07) is 16.1. The van der Waals surface area contributed by atoms with Gasteiger partial charge in [0.2, 0.25) is 11.7 Å². The molecule has 3 heterocycles. The van der Waals surface area contributed by atoms with Crippen molar-refractivity contribution in [1.29, 1.82) is 0 Å². The van der Waals surface area contributed by atoms with Gasteiger partial charge in [-0.3, -0.25) is 9.20 Å². The van der Waals surface area contributed by atoms with E-state index in [0.29, 0.717) is 18.1 Å². The molecule has 0 saturated heterocycles. The highest BCUT2D eigenvalue weighted by atomic mass is 32.2. The van der Waals surface area contributed by atoms with Crippen LogP contribution in [-0.2, 0) is 11.2 Å². The third kappa shape index (κ3) is 3.01. The number of fused-ring (bicyclic) bond motifs is 4. The van der Waals surface area contributed by atoms with E-state index in [1.54, 1.807) is 0 Å². The molecule has 7 nitrogen and oxygen atoms in total. The Balaban J connectivity index is 1.20. The molecule has 3 aromatic heterocycles. The molecule has 1 amide bonds. The molecule has 140 valence electrons. The first-order valence-corrected chi connectivity index (χ1v) is 10.0. The van der Waals surface area contributed by atoms with Crippen molar-refractivity contribution in [3.63, 3.8) is 0 Å². The quantitative estimate of drug-likeness (QED) is 0.389. The zero-order valence-corrected chi connectivity index (χ0v) is 15.8. The average Bonchev–Trinajstić information content (AvgIpc) is 3.40. The number of para-hydroxylation sites is 3. The minimum atomic E-state index is -0.00888. The van der Waals surface area contributed by atoms with E-state index >= 15 is 0 Å². The molecule has 0 atom stereocenters. The Morgan fingerprint density at radius 3 is 2.96 bits per heavy atom. The molecule has 0 saturated carbocycles. The monoisotopic (exact) mass is 390 g/mol. The molecule has 0 aliphatic carbocycles. The van der Waals surface area contributed by atoms with Gasteiger partial charge in [-0.05, 0) is 30.2 Å². The van der Waals surface area contributed by atoms with Crippen molar-refractivity contribution in [3.8, 4) is 0 Å². The molecule has 0 aliphatic heterocycles. The fourth-order valence-electron chi connectivity index (χ4n) is 3.40. The number of imidazole rings is 1. The lowest BCUT2D eigenvalue weighted by Crippen LogP contribution is -2.27. The highest BCUT2D eigenvalue weighted by Crippen LogP contribution is 2.22. The Hall–Kier alpha value is -3.26. The van der Waals surface area contributed by atoms with Gasteiger partial charge in [-0.1, -0.05) is 42.1 Å². The van der Waals surface area contributed by atoms with Crippen LogP contribution >= 0.6 is 11.8 Å². The lowest BCUT2D eigenvalue weighted by molar-refractivity contribution is -0.118. The first-order chi connectivity index (χ1) is 13.8. The minimum absolute atomic E-state index is 0.00888. The molecule has 0 unspecified atom stereocenters. The maximum absolute atomic E-state index is 12.3. The SMILES string of the molecule is O=C(CSc1n[nH]c2nc3ccccc3n12)NCCc1c[nH]c2ccccc12. The van der Waals surface area contributed by atoms with E-state index in [-0.39, 0.29) is 5.91 Å². The standard InChI is InChI=1S/C20H18N6OS/c27-18(21-10-9-13-11-22-15-6-2-1-5-14(13)15)12-28-20-25-24-19-23-16-7-3-4-8-17(16)26(19)20/h1-8,11,22H,9-10,12H2,(H,21,27)(H,23,24). The zero-order chi connectivity index (χ0) is 18.9. The summed E-state index contributed by atoms with van der Waals surface area (Å²) in [7, 11) is 0. The maximum atomic E-state index is 12.3. The summed E-state index contributed by atoms with van der Waals surface area (Å²) < 4.78 is 1.94. The molecule has 0 bridgehead atoms. The average molecular weight is 390 g/mol. The number of aromatic nitrogens is 5. The van der Waals surface area contributed by atoms with E-state index in [2.05, 4.69) is 37.6 Å². The van der Waals surface area contributed by atoms with Gasteiger partial charge < -0.3 is 10.3 Å². The highest BCUT2D eigenvalue weighted by molar-refractivity contribution is 7.99. The summed E-state index contributed by atoms with van der Waals surface area (Å²) in [6.07, 6.45) is 2.80. The second kappa shape index (κ2) is 7.05. The number of H-pyrrole nitrogens is 2. The van der Waals surface area contributed by atoms with E-state index in [1.807, 2.05) is 47.0 Å². The molecule has 0 fully saturated rings. The second-order valence-electron chi connectivity index (χ2n) is 6.51. The molecule has 0 radical (unpaired) electrons. The number of carbonyl (C=O) groups is 1. The molecular weight excluding hydrogens is 372 g/mol. The molecule has 0 spiro atoms. The predicted molar refractivity (Wildman–Crippen MR) is 111 cm³/mol. The van der Waals surface area contributed by atoms with Gasteiger partial charge in [0.05, 0.1) is 16.8 Å². The first-order valence-electron chi connectivity index (χ1n) is 9.05. The number of aromatic amines is 2. The number of hydrogen-bond acceptors (Lipinski definition) is 4. The van der Waals surface area contributed by atoms with Gasteiger partial charge in [-0.25, -0.2) is 10.1 Å². The van der Waals surface area contributed by atoms with E-state index in [4.69, 9.17) is 0 Å². The van der Waals surface area contributed by atoms with Crippen molar-refractivity contribution in [2.24, 2.45) is 0 Å². The van der Waals surface area contributed by atoms with Crippen LogP contribution in [-0.4, -0.2) is 42.8 Å². The van der Waals surface area contributed by atoms with Gasteiger partial charge in [0.15, 0.2) is 5.16 Å². The minimum Gasteiger partial charge on any atom is -0.361 e. The van der Waals surface area contributed by atoms with E-state index < -0.39 is 0 Å². The normalized spacial score (nSPS) is 11.6. The van der Waals surface area contributed by atoms with Crippen molar-refractivity contribution in [2.75, 3.05) is 12.3 Å². The number of thioether (sulfide) groups is 1. The van der Waals surface area contributed by atoms with Crippen molar-refractivity contribution in [2.45, 2.75) is 11.6 Å². The Morgan fingerprint density at radius 1 is 1.14 bits per heavy atom. The van der Waals surface area contributed by atoms with Crippen molar-refractivity contribution in [1.82, 2.24) is 29.9 Å². The van der Waals surface area contributed by atoms with Crippen LogP contribution in [0.3, 0.4) is 0 Å². The molecule has 2 aromatic carbocycles. The van der Waals surface area contributed by atoms with Gasteiger partial charge in [-0.2, -0.15) is 0 Å². The fourth-order valence-corrected chi connectivity index (χ4v) is 4.18. The molecular formula is C20H18N6OS. The Labute approximate surface area is 164 Å². The number of hydrogen-bond donors (Lipinski definition) is 3. The van der Waals surface area contributed by atoms with Crippen molar-refractivity contribution < 1.29 is 4.79 Å². The molecule has 3 N–H and O–H groups in total. The number of nitrogens with zero attached hydrogens (tertiary/aromatic N) is 3. The van der Waals surface area contributed by atoms with Gasteiger partial charge >= 0.3 is 0 Å². The highest BCUT2D eigenvalue weighted by Gasteiger charge is 2.13. The topological polar surface area (TPSA) is 90.9 Å². The van der Waals surface area contributed by atoms with E-state index in [1.165, 1.54) is 22.7 Å². The van der Waals surface area contributed by atoms with Gasteiger partial charge in [-0.15, -0.1) is 5.10 Å². The number of rotatable bonds is 6. The Bertz CT molecular complexity index is 1280. The summed E-state index contributed by atoms with van der Waals surface area (Å²) >= 11 is 1.40. The van der Waals surface area contributed by atoms with Crippen LogP contribution in [0.4, 0.5) is 0 Å². The lowest BCUT2D eigenvalue weighted by Gasteiger charge is -2.04. The molecule has 5 aromatic rings. The van der Waals surface area contributed by atoms with Gasteiger partial charge in [0.1, 0.15) is 0 Å². The number of benzene rings is 2. The summed E-state index contributed by atoms with van der Waals surface area (Å²) in [5.74, 6) is 0.981. The van der Waals surface area contributed by atoms with E-state index in [0.717, 1.165) is 28.1 Å². The molecule has 28 heavy (non-hydrogen) atoms. The van der Waals surface area contributed by atoms with Crippen molar-refractivity contribution in [3.05, 3.63) is 60.3 Å². The van der Waals surface area contributed by atoms with Crippen LogP contribution in [0, 0.1) is 0 Å². The van der Waals surface area contributed by atoms with Crippen LogP contribution in [0.25, 0.3) is 27.7 Å². The van der Waals surface area contributed by atoms with Crippen molar-refractivity contribution >= 4 is 45.4 Å². The number of nitrogens with one attached hydrogen (secondary N) is 3. The second-order valence-corrected chi connectivity index (χ2v) is 7.46. The number of amides is 1. The molecule has 5 rings (SSSR count). The summed E-state index contributed by atoms with van der Waals surface area (Å²) in [6.45, 7) is 0.602. The Morgan fingerprint density at radius 2 is 2.00 bits per heavy atom. The van der Waals surface area contributed by atoms with Crippen LogP contribution in [0.5, 0.6) is 0 Å². The third-order valence-electron chi connectivity index (χ3n) is 4.73. The van der Waals surface area contributed by atoms with Crippen LogP contribution in [0.15, 0.2) is 59.9 Å². The molecule has 8 heteroatoms. The largest absolute Gasteiger partial charge is 0.361 e. The summed E-state index contributed by atoms with van der Waals surface area (Å²) in [5, 5.41) is 12.1. The summed E-state index contributed by atoms with van der Waals surface area (Å²) in [4.78, 5) is 20.0. The van der Waals surface area contributed by atoms with Gasteiger partial charge in [0, 0.05) is 23.6 Å². The Kier molecular flexibility index (Phi) is 4.25. The van der Waals surface area contributed by atoms with Crippen LogP contribution in [0.1, 0.15) is 5.56 Å². The number of carbonyl (C=O) groups excluding carboxylic acids is 1. The fraction of sp³-hybridized carbons (Fsp3) is 0.150. The van der Waals surface area contributed by atoms with Crippen LogP contribution in [0.2, 0.25) is 0 Å². The third-order valence-corrected chi connectivity index (χ3v) is 5.67. The molecule has 0 aliphatic rings. The zero-order valence-electron chi connectivity index (χ0n) is 15.0. The smallest absolute Gasteiger partial charge is 0.231 e. The lowest BCUT2D eigenvalue weighted by atomic mass is 10.1. The van der Waals surface area contributed by atoms with Gasteiger partial charge in [0.25, 0.3) is 0 Å². The van der Waals surface area contributed by atoms with Crippen LogP contribution < -0.4 is 5.32 Å². The van der Waals surface area contributed by atoms with E-state index in [9.17, 15) is 4.79 Å².